The van der Waals surface area contributed by atoms with E-state index in [9.17, 15) is 4.79 Å². The van der Waals surface area contributed by atoms with Crippen LogP contribution in [0.3, 0.4) is 0 Å². The number of nitrogens with one attached hydrogen (secondary N) is 1. The van der Waals surface area contributed by atoms with Gasteiger partial charge >= 0.3 is 0 Å². The Morgan fingerprint density at radius 3 is 3.10 bits per heavy atom. The molecule has 0 atom stereocenters. The van der Waals surface area contributed by atoms with Gasteiger partial charge in [0.05, 0.1) is 11.9 Å². The summed E-state index contributed by atoms with van der Waals surface area (Å²) in [7, 11) is 4.04. The second-order valence-corrected chi connectivity index (χ2v) is 4.89. The predicted octanol–water partition coefficient (Wildman–Crippen LogP) is 1.42. The summed E-state index contributed by atoms with van der Waals surface area (Å²) < 4.78 is 1.94. The zero-order valence-electron chi connectivity index (χ0n) is 11.9. The molecule has 1 N–H and O–H groups in total. The minimum atomic E-state index is -0.0744. The Morgan fingerprint density at radius 1 is 1.45 bits per heavy atom. The first kappa shape index (κ1) is 14.3. The van der Waals surface area contributed by atoms with E-state index < -0.39 is 0 Å². The van der Waals surface area contributed by atoms with Crippen molar-refractivity contribution in [2.45, 2.75) is 6.42 Å². The lowest BCUT2D eigenvalue weighted by Crippen LogP contribution is -2.25. The molecule has 2 rings (SSSR count). The van der Waals surface area contributed by atoms with Crippen LogP contribution in [-0.4, -0.2) is 47.4 Å². The topological polar surface area (TPSA) is 49.6 Å². The number of aromatic nitrogens is 2. The van der Waals surface area contributed by atoms with Crippen molar-refractivity contribution >= 4 is 17.6 Å². The minimum Gasteiger partial charge on any atom is -0.353 e. The molecule has 5 heteroatoms. The number of imidazole rings is 1. The van der Waals surface area contributed by atoms with E-state index in [2.05, 4.69) is 15.2 Å². The van der Waals surface area contributed by atoms with Gasteiger partial charge in [-0.15, -0.1) is 0 Å². The number of rotatable bonds is 6. The molecule has 0 aromatic carbocycles. The van der Waals surface area contributed by atoms with Crippen molar-refractivity contribution in [3.05, 3.63) is 42.4 Å². The highest BCUT2D eigenvalue weighted by Gasteiger charge is 2.00. The van der Waals surface area contributed by atoms with E-state index in [1.54, 1.807) is 18.3 Å². The van der Waals surface area contributed by atoms with Gasteiger partial charge in [0.25, 0.3) is 0 Å². The van der Waals surface area contributed by atoms with E-state index in [0.29, 0.717) is 6.54 Å². The van der Waals surface area contributed by atoms with Gasteiger partial charge in [0, 0.05) is 18.8 Å². The van der Waals surface area contributed by atoms with E-state index in [1.165, 1.54) is 0 Å². The molecule has 0 saturated heterocycles. The van der Waals surface area contributed by atoms with Crippen LogP contribution < -0.4 is 5.32 Å². The smallest absolute Gasteiger partial charge is 0.244 e. The summed E-state index contributed by atoms with van der Waals surface area (Å²) in [6.07, 6.45) is 7.96. The number of hydrogen-bond acceptors (Lipinski definition) is 3. The third-order valence-electron chi connectivity index (χ3n) is 2.93. The summed E-state index contributed by atoms with van der Waals surface area (Å²) in [5.41, 5.74) is 1.77. The Hall–Kier alpha value is -2.14. The first-order chi connectivity index (χ1) is 9.66. The van der Waals surface area contributed by atoms with Crippen molar-refractivity contribution in [3.63, 3.8) is 0 Å². The summed E-state index contributed by atoms with van der Waals surface area (Å²) in [6, 6.07) is 5.80. The van der Waals surface area contributed by atoms with Crippen molar-refractivity contribution in [1.82, 2.24) is 19.6 Å². The lowest BCUT2D eigenvalue weighted by molar-refractivity contribution is -0.116. The highest BCUT2D eigenvalue weighted by atomic mass is 16.1. The SMILES string of the molecule is CN(C)CCCNC(=O)/C=C/c1cnc2ccccn12. The average molecular weight is 272 g/mol. The number of carbonyl (C=O) groups is 1. The molecule has 0 saturated carbocycles. The molecular formula is C15H20N4O. The highest BCUT2D eigenvalue weighted by molar-refractivity contribution is 5.91. The van der Waals surface area contributed by atoms with Crippen molar-refractivity contribution < 1.29 is 4.79 Å². The fourth-order valence-electron chi connectivity index (χ4n) is 1.90. The van der Waals surface area contributed by atoms with Crippen molar-refractivity contribution in [2.75, 3.05) is 27.2 Å². The molecule has 2 aromatic heterocycles. The monoisotopic (exact) mass is 272 g/mol. The summed E-state index contributed by atoms with van der Waals surface area (Å²) in [5, 5.41) is 2.87. The Labute approximate surface area is 118 Å². The van der Waals surface area contributed by atoms with E-state index in [4.69, 9.17) is 0 Å². The molecule has 0 bridgehead atoms. The molecule has 106 valence electrons. The number of carbonyl (C=O) groups excluding carboxylic acids is 1. The molecular weight excluding hydrogens is 252 g/mol. The van der Waals surface area contributed by atoms with Gasteiger partial charge < -0.3 is 14.6 Å². The lowest BCUT2D eigenvalue weighted by atomic mass is 10.3. The summed E-state index contributed by atoms with van der Waals surface area (Å²) >= 11 is 0. The molecule has 0 spiro atoms. The number of amides is 1. The molecule has 2 heterocycles. The number of fused-ring (bicyclic) bond motifs is 1. The number of hydrogen-bond donors (Lipinski definition) is 1. The predicted molar refractivity (Wildman–Crippen MR) is 80.4 cm³/mol. The van der Waals surface area contributed by atoms with Crippen LogP contribution in [0.15, 0.2) is 36.7 Å². The van der Waals surface area contributed by atoms with Gasteiger partial charge in [0.15, 0.2) is 0 Å². The molecule has 0 unspecified atom stereocenters. The third-order valence-corrected chi connectivity index (χ3v) is 2.93. The van der Waals surface area contributed by atoms with Crippen LogP contribution in [0.2, 0.25) is 0 Å². The van der Waals surface area contributed by atoms with Gasteiger partial charge in [0.2, 0.25) is 5.91 Å². The largest absolute Gasteiger partial charge is 0.353 e. The second kappa shape index (κ2) is 6.86. The maximum Gasteiger partial charge on any atom is 0.244 e. The normalized spacial score (nSPS) is 11.6. The molecule has 0 aliphatic rings. The van der Waals surface area contributed by atoms with E-state index >= 15 is 0 Å². The second-order valence-electron chi connectivity index (χ2n) is 4.89. The van der Waals surface area contributed by atoms with Crippen LogP contribution >= 0.6 is 0 Å². The van der Waals surface area contributed by atoms with Crippen molar-refractivity contribution in [3.8, 4) is 0 Å². The van der Waals surface area contributed by atoms with Crippen LogP contribution in [0.25, 0.3) is 11.7 Å². The van der Waals surface area contributed by atoms with Gasteiger partial charge in [-0.05, 0) is 45.3 Å². The standard InChI is InChI=1S/C15H20N4O/c1-18(2)10-5-9-16-15(20)8-7-13-12-17-14-6-3-4-11-19(13)14/h3-4,6-8,11-12H,5,9-10H2,1-2H3,(H,16,20)/b8-7+. The third kappa shape index (κ3) is 3.93. The zero-order valence-corrected chi connectivity index (χ0v) is 11.9. The number of pyridine rings is 1. The quantitative estimate of drug-likeness (QED) is 0.639. The van der Waals surface area contributed by atoms with Crippen molar-refractivity contribution in [1.29, 1.82) is 0 Å². The van der Waals surface area contributed by atoms with Crippen LogP contribution in [0.5, 0.6) is 0 Å². The summed E-state index contributed by atoms with van der Waals surface area (Å²) in [5.74, 6) is -0.0744. The van der Waals surface area contributed by atoms with Gasteiger partial charge in [-0.3, -0.25) is 4.79 Å². The zero-order chi connectivity index (χ0) is 14.4. The minimum absolute atomic E-state index is 0.0744. The Balaban J connectivity index is 1.87. The maximum absolute atomic E-state index is 11.7. The first-order valence-corrected chi connectivity index (χ1v) is 6.69. The molecule has 0 aliphatic carbocycles. The fourth-order valence-corrected chi connectivity index (χ4v) is 1.90. The van der Waals surface area contributed by atoms with Crippen LogP contribution in [0.1, 0.15) is 12.1 Å². The average Bonchev–Trinajstić information content (AvgIpc) is 2.84. The Morgan fingerprint density at radius 2 is 2.30 bits per heavy atom. The van der Waals surface area contributed by atoms with Crippen LogP contribution in [0, 0.1) is 0 Å². The van der Waals surface area contributed by atoms with Gasteiger partial charge in [0.1, 0.15) is 5.65 Å². The Kier molecular flexibility index (Phi) is 4.90. The molecule has 0 radical (unpaired) electrons. The summed E-state index contributed by atoms with van der Waals surface area (Å²) in [6.45, 7) is 1.66. The Bertz CT molecular complexity index is 601. The lowest BCUT2D eigenvalue weighted by Gasteiger charge is -2.08. The van der Waals surface area contributed by atoms with Gasteiger partial charge in [-0.1, -0.05) is 6.07 Å². The van der Waals surface area contributed by atoms with Crippen LogP contribution in [-0.2, 0) is 4.79 Å². The fraction of sp³-hybridized carbons (Fsp3) is 0.333. The summed E-state index contributed by atoms with van der Waals surface area (Å²) in [4.78, 5) is 18.0. The van der Waals surface area contributed by atoms with E-state index in [-0.39, 0.29) is 5.91 Å². The molecule has 5 nitrogen and oxygen atoms in total. The maximum atomic E-state index is 11.7. The van der Waals surface area contributed by atoms with Gasteiger partial charge in [-0.25, -0.2) is 4.98 Å². The number of nitrogens with zero attached hydrogens (tertiary/aromatic N) is 3. The highest BCUT2D eigenvalue weighted by Crippen LogP contribution is 2.07. The first-order valence-electron chi connectivity index (χ1n) is 6.69. The molecule has 1 amide bonds. The van der Waals surface area contributed by atoms with E-state index in [1.807, 2.05) is 42.9 Å². The van der Waals surface area contributed by atoms with E-state index in [0.717, 1.165) is 24.3 Å². The molecule has 0 aliphatic heterocycles. The molecule has 20 heavy (non-hydrogen) atoms. The van der Waals surface area contributed by atoms with Crippen LogP contribution in [0.4, 0.5) is 0 Å². The molecule has 0 fully saturated rings. The van der Waals surface area contributed by atoms with Crippen molar-refractivity contribution in [2.24, 2.45) is 0 Å². The molecule has 2 aromatic rings. The van der Waals surface area contributed by atoms with Gasteiger partial charge in [-0.2, -0.15) is 0 Å².